The second-order valence-electron chi connectivity index (χ2n) is 4.63. The number of rotatable bonds is 3. The maximum absolute atomic E-state index is 12.8. The Morgan fingerprint density at radius 1 is 1.00 bits per heavy atom. The van der Waals surface area contributed by atoms with Gasteiger partial charge in [-0.2, -0.15) is 39.5 Å². The van der Waals surface area contributed by atoms with Gasteiger partial charge < -0.3 is 15.8 Å². The zero-order valence-electron chi connectivity index (χ0n) is 11.7. The number of benzene rings is 1. The van der Waals surface area contributed by atoms with Crippen LogP contribution in [-0.4, -0.2) is 29.6 Å². The first-order valence-corrected chi connectivity index (χ1v) is 6.32. The van der Waals surface area contributed by atoms with E-state index in [0.29, 0.717) is 12.1 Å². The lowest BCUT2D eigenvalue weighted by Gasteiger charge is -2.37. The van der Waals surface area contributed by atoms with Gasteiger partial charge in [0.25, 0.3) is 5.91 Å². The molecule has 0 aliphatic rings. The van der Waals surface area contributed by atoms with Crippen LogP contribution in [0.5, 0.6) is 0 Å². The minimum Gasteiger partial charge on any atom is -0.733 e. The van der Waals surface area contributed by atoms with E-state index in [-0.39, 0.29) is 5.02 Å². The first-order chi connectivity index (χ1) is 11.5. The first kappa shape index (κ1) is 22.1. The monoisotopic (exact) mass is 419 g/mol. The molecule has 0 heterocycles. The number of alkyl halides is 9. The first-order valence-electron chi connectivity index (χ1n) is 5.94. The lowest BCUT2D eigenvalue weighted by Crippen LogP contribution is -2.65. The lowest BCUT2D eigenvalue weighted by molar-refractivity contribution is -0.405. The summed E-state index contributed by atoms with van der Waals surface area (Å²) in [5.41, 5.74) is -9.27. The number of anilines is 2. The third kappa shape index (κ3) is 3.61. The molecule has 1 amide bonds. The molecule has 148 valence electrons. The lowest BCUT2D eigenvalue weighted by atomic mass is 9.84. The molecule has 0 unspecified atom stereocenters. The number of nitrogens with one attached hydrogen (secondary N) is 1. The molecule has 0 saturated carbocycles. The molecule has 1 rings (SSSR count). The van der Waals surface area contributed by atoms with Gasteiger partial charge in [0.15, 0.2) is 0 Å². The summed E-state index contributed by atoms with van der Waals surface area (Å²) in [5, 5.41) is 18.8. The van der Waals surface area contributed by atoms with Crippen molar-refractivity contribution in [2.45, 2.75) is 18.5 Å². The van der Waals surface area contributed by atoms with Crippen LogP contribution in [0, 0.1) is 10.6 Å². The fourth-order valence-corrected chi connectivity index (χ4v) is 2.02. The molecule has 0 aliphatic heterocycles. The molecular formula is C11H5ClF9N2O3-. The molecule has 0 spiro atoms. The average molecular weight is 420 g/mol. The van der Waals surface area contributed by atoms with Gasteiger partial charge in [-0.3, -0.25) is 10.0 Å². The van der Waals surface area contributed by atoms with E-state index in [1.165, 1.54) is 0 Å². The second-order valence-corrected chi connectivity index (χ2v) is 5.07. The van der Waals surface area contributed by atoms with Crippen molar-refractivity contribution in [1.82, 2.24) is 0 Å². The van der Waals surface area contributed by atoms with Gasteiger partial charge in [-0.25, -0.2) is 0 Å². The van der Waals surface area contributed by atoms with Crippen LogP contribution in [-0.2, 0) is 4.79 Å². The van der Waals surface area contributed by atoms with Crippen LogP contribution in [0.1, 0.15) is 0 Å². The largest absolute Gasteiger partial charge is 0.733 e. The normalized spacial score (nSPS) is 13.5. The van der Waals surface area contributed by atoms with E-state index in [9.17, 15) is 49.5 Å². The van der Waals surface area contributed by atoms with Crippen LogP contribution in [0.3, 0.4) is 0 Å². The Balaban J connectivity index is 3.60. The molecule has 0 aliphatic carbocycles. The molecule has 0 aromatic heterocycles. The topological polar surface area (TPSA) is 75.6 Å². The Morgan fingerprint density at radius 2 is 1.42 bits per heavy atom. The predicted octanol–water partition coefficient (Wildman–Crippen LogP) is 4.65. The summed E-state index contributed by atoms with van der Waals surface area (Å²) >= 11 is 5.38. The summed E-state index contributed by atoms with van der Waals surface area (Å²) in [4.78, 5) is 11.5. The number of halogens is 10. The fourth-order valence-electron chi connectivity index (χ4n) is 1.85. The van der Waals surface area contributed by atoms with Crippen molar-refractivity contribution in [3.8, 4) is 0 Å². The van der Waals surface area contributed by atoms with Gasteiger partial charge in [0.1, 0.15) is 0 Å². The van der Waals surface area contributed by atoms with Crippen LogP contribution in [0.4, 0.5) is 50.9 Å². The third-order valence-electron chi connectivity index (χ3n) is 3.03. The van der Waals surface area contributed by atoms with Crippen LogP contribution in [0.2, 0.25) is 5.02 Å². The van der Waals surface area contributed by atoms with Gasteiger partial charge >= 0.3 is 23.9 Å². The van der Waals surface area contributed by atoms with Gasteiger partial charge in [0, 0.05) is 5.02 Å². The molecular weight excluding hydrogens is 415 g/mol. The number of carbonyl (C=O) groups excluding carboxylic acids is 1. The Kier molecular flexibility index (Phi) is 5.67. The maximum atomic E-state index is 12.8. The zero-order valence-corrected chi connectivity index (χ0v) is 12.5. The van der Waals surface area contributed by atoms with E-state index in [1.807, 2.05) is 0 Å². The molecule has 0 fully saturated rings. The molecule has 1 aromatic rings. The molecule has 26 heavy (non-hydrogen) atoms. The summed E-state index contributed by atoms with van der Waals surface area (Å²) in [5.74, 6) is -3.57. The highest BCUT2D eigenvalue weighted by Gasteiger charge is 2.88. The smallest absolute Gasteiger partial charge is 0.421 e. The fraction of sp³-hybridized carbons (Fsp3) is 0.364. The number of amides is 1. The third-order valence-corrected chi connectivity index (χ3v) is 3.27. The zero-order chi connectivity index (χ0) is 20.7. The minimum atomic E-state index is -7.13. The van der Waals surface area contributed by atoms with E-state index in [2.05, 4.69) is 0 Å². The Bertz CT molecular complexity index is 649. The Labute approximate surface area is 142 Å². The van der Waals surface area contributed by atoms with E-state index in [0.717, 1.165) is 11.4 Å². The highest BCUT2D eigenvalue weighted by molar-refractivity contribution is 6.31. The van der Waals surface area contributed by atoms with Crippen molar-refractivity contribution in [3.63, 3.8) is 0 Å². The van der Waals surface area contributed by atoms with Crippen molar-refractivity contribution in [3.05, 3.63) is 28.4 Å². The summed E-state index contributed by atoms with van der Waals surface area (Å²) in [6, 6.07) is 1.62. The van der Waals surface area contributed by atoms with Gasteiger partial charge in [-0.15, -0.1) is 0 Å². The van der Waals surface area contributed by atoms with Crippen LogP contribution >= 0.6 is 11.6 Å². The van der Waals surface area contributed by atoms with E-state index in [1.54, 1.807) is 0 Å². The molecule has 15 heteroatoms. The number of hydrogen-bond donors (Lipinski definition) is 2. The van der Waals surface area contributed by atoms with Crippen molar-refractivity contribution >= 4 is 28.9 Å². The highest BCUT2D eigenvalue weighted by atomic mass is 35.5. The maximum Gasteiger partial charge on any atom is 0.421 e. The van der Waals surface area contributed by atoms with E-state index < -0.39 is 46.5 Å². The highest BCUT2D eigenvalue weighted by Crippen LogP contribution is 2.59. The van der Waals surface area contributed by atoms with Crippen molar-refractivity contribution in [2.24, 2.45) is 5.41 Å². The summed E-state index contributed by atoms with van der Waals surface area (Å²) in [6.45, 7) is 0. The Hall–Kier alpha value is -1.93. The molecule has 0 radical (unpaired) electrons. The van der Waals surface area contributed by atoms with Gasteiger partial charge in [0.05, 0.1) is 11.4 Å². The van der Waals surface area contributed by atoms with Crippen LogP contribution in [0.25, 0.3) is 0 Å². The van der Waals surface area contributed by atoms with E-state index >= 15 is 0 Å². The molecule has 5 nitrogen and oxygen atoms in total. The standard InChI is InChI=1S/C11H5ClF9N2O3/c12-4-1-2-5(6(3-4)23(25)26)22-7(24)8(9(13,14)15,10(16,17)18)11(19,20)21/h1-3,25H,(H,22,24)/q-1. The molecule has 1 aromatic carbocycles. The minimum absolute atomic E-state index is 0.373. The molecule has 0 saturated heterocycles. The van der Waals surface area contributed by atoms with Gasteiger partial charge in [-0.1, -0.05) is 11.6 Å². The van der Waals surface area contributed by atoms with Gasteiger partial charge in [0.2, 0.25) is 0 Å². The molecule has 2 N–H and O–H groups in total. The Morgan fingerprint density at radius 3 is 1.77 bits per heavy atom. The van der Waals surface area contributed by atoms with Crippen LogP contribution < -0.4 is 10.5 Å². The SMILES string of the molecule is O=C(Nc1ccc(Cl)cc1N([O-])O)C(C(F)(F)F)(C(F)(F)F)C(F)(F)F. The van der Waals surface area contributed by atoms with Crippen molar-refractivity contribution in [2.75, 3.05) is 10.5 Å². The summed E-state index contributed by atoms with van der Waals surface area (Å²) in [6.07, 6.45) is -21.4. The van der Waals surface area contributed by atoms with Gasteiger partial charge in [-0.05, 0) is 18.2 Å². The number of hydrogen-bond acceptors (Lipinski definition) is 4. The summed E-state index contributed by atoms with van der Waals surface area (Å²) in [7, 11) is 0. The van der Waals surface area contributed by atoms with Crippen molar-refractivity contribution in [1.29, 1.82) is 0 Å². The average Bonchev–Trinajstić information content (AvgIpc) is 2.35. The van der Waals surface area contributed by atoms with E-state index in [4.69, 9.17) is 16.8 Å². The van der Waals surface area contributed by atoms with Crippen molar-refractivity contribution < 1.29 is 49.5 Å². The quantitative estimate of drug-likeness (QED) is 0.552. The second kappa shape index (κ2) is 6.66. The molecule has 0 bridgehead atoms. The number of nitrogens with zero attached hydrogens (tertiary/aromatic N) is 1. The van der Waals surface area contributed by atoms with Crippen LogP contribution in [0.15, 0.2) is 18.2 Å². The molecule has 0 atom stereocenters. The number of carbonyl (C=O) groups is 1. The summed E-state index contributed by atoms with van der Waals surface area (Å²) < 4.78 is 115. The predicted molar refractivity (Wildman–Crippen MR) is 68.3 cm³/mol.